The van der Waals surface area contributed by atoms with Gasteiger partial charge in [-0.15, -0.1) is 0 Å². The lowest BCUT2D eigenvalue weighted by molar-refractivity contribution is -0.122. The van der Waals surface area contributed by atoms with E-state index in [-0.39, 0.29) is 23.5 Å². The molecule has 4 aromatic rings. The molecule has 7 nitrogen and oxygen atoms in total. The number of rotatable bonds is 4. The van der Waals surface area contributed by atoms with Gasteiger partial charge in [-0.1, -0.05) is 48.5 Å². The molecule has 1 aromatic heterocycles. The first-order valence-electron chi connectivity index (χ1n) is 12.2. The van der Waals surface area contributed by atoms with E-state index in [2.05, 4.69) is 10.5 Å². The number of amides is 3. The lowest BCUT2D eigenvalue weighted by Crippen LogP contribution is -2.54. The third-order valence-electron chi connectivity index (χ3n) is 7.95. The Labute approximate surface area is 216 Å². The van der Waals surface area contributed by atoms with Crippen molar-refractivity contribution >= 4 is 29.6 Å². The molecule has 8 heteroatoms. The summed E-state index contributed by atoms with van der Waals surface area (Å²) in [7, 11) is 0. The van der Waals surface area contributed by atoms with Crippen molar-refractivity contribution in [2.24, 2.45) is 16.9 Å². The molecule has 8 rings (SSSR count). The van der Waals surface area contributed by atoms with Crippen LogP contribution in [0.2, 0.25) is 0 Å². The molecule has 4 aliphatic rings. The number of furan rings is 1. The second-order valence-electron chi connectivity index (χ2n) is 9.69. The van der Waals surface area contributed by atoms with Gasteiger partial charge in [-0.3, -0.25) is 14.4 Å². The Bertz CT molecular complexity index is 1600. The second-order valence-corrected chi connectivity index (χ2v) is 9.69. The number of nitrogens with one attached hydrogen (secondary N) is 1. The van der Waals surface area contributed by atoms with E-state index in [1.807, 2.05) is 48.5 Å². The maximum atomic E-state index is 14.2. The lowest BCUT2D eigenvalue weighted by Gasteiger charge is -2.52. The molecule has 1 N–H and O–H groups in total. The zero-order chi connectivity index (χ0) is 26.0. The average molecular weight is 506 g/mol. The van der Waals surface area contributed by atoms with E-state index in [0.717, 1.165) is 22.3 Å². The topological polar surface area (TPSA) is 92.0 Å². The summed E-state index contributed by atoms with van der Waals surface area (Å²) in [5.74, 6) is -3.44. The Morgan fingerprint density at radius 3 is 2.18 bits per heavy atom. The van der Waals surface area contributed by atoms with Crippen molar-refractivity contribution in [3.8, 4) is 0 Å². The van der Waals surface area contributed by atoms with Crippen molar-refractivity contribution in [3.63, 3.8) is 0 Å². The quantitative estimate of drug-likeness (QED) is 0.253. The molecule has 0 unspecified atom stereocenters. The summed E-state index contributed by atoms with van der Waals surface area (Å²) in [4.78, 5) is 41.9. The Morgan fingerprint density at radius 2 is 1.55 bits per heavy atom. The third-order valence-corrected chi connectivity index (χ3v) is 7.95. The second kappa shape index (κ2) is 8.08. The van der Waals surface area contributed by atoms with Gasteiger partial charge in [0, 0.05) is 12.1 Å². The van der Waals surface area contributed by atoms with Crippen LogP contribution in [0, 0.1) is 17.7 Å². The van der Waals surface area contributed by atoms with Crippen LogP contribution in [0.3, 0.4) is 0 Å². The number of carbonyl (C=O) groups excluding carboxylic acids is 3. The van der Waals surface area contributed by atoms with E-state index in [4.69, 9.17) is 4.42 Å². The van der Waals surface area contributed by atoms with Crippen LogP contribution in [0.4, 0.5) is 10.1 Å². The molecule has 1 fully saturated rings. The number of halogens is 1. The SMILES string of the molecule is O=C(N/N=C\C12c3ccccc3C(c3ccccc31)[C@H]1C(=O)N(c3ccc(F)cc3)C(=O)[C@@H]12)c1ccco1. The monoisotopic (exact) mass is 505 g/mol. The molecule has 1 saturated heterocycles. The number of hydrazone groups is 1. The number of imide groups is 1. The largest absolute Gasteiger partial charge is 0.459 e. The van der Waals surface area contributed by atoms with Crippen molar-refractivity contribution in [2.75, 3.05) is 4.90 Å². The highest BCUT2D eigenvalue weighted by Crippen LogP contribution is 2.63. The van der Waals surface area contributed by atoms with Gasteiger partial charge < -0.3 is 4.42 Å². The van der Waals surface area contributed by atoms with Gasteiger partial charge in [0.1, 0.15) is 5.82 Å². The summed E-state index contributed by atoms with van der Waals surface area (Å²) in [6.07, 6.45) is 2.97. The summed E-state index contributed by atoms with van der Waals surface area (Å²) >= 11 is 0. The van der Waals surface area contributed by atoms with Crippen molar-refractivity contribution in [1.82, 2.24) is 5.43 Å². The minimum Gasteiger partial charge on any atom is -0.459 e. The highest BCUT2D eigenvalue weighted by atomic mass is 19.1. The van der Waals surface area contributed by atoms with E-state index < -0.39 is 29.0 Å². The van der Waals surface area contributed by atoms with E-state index in [1.54, 1.807) is 12.3 Å². The Hall–Kier alpha value is -4.85. The first-order chi connectivity index (χ1) is 18.5. The van der Waals surface area contributed by atoms with Gasteiger partial charge in [0.05, 0.1) is 29.2 Å². The fourth-order valence-corrected chi connectivity index (χ4v) is 6.55. The van der Waals surface area contributed by atoms with Crippen molar-refractivity contribution in [3.05, 3.63) is 125 Å². The average Bonchev–Trinajstić information content (AvgIpc) is 3.57. The number of hydrogen-bond donors (Lipinski definition) is 1. The van der Waals surface area contributed by atoms with E-state index in [9.17, 15) is 18.8 Å². The van der Waals surface area contributed by atoms with E-state index >= 15 is 0 Å². The molecule has 38 heavy (non-hydrogen) atoms. The van der Waals surface area contributed by atoms with Gasteiger partial charge >= 0.3 is 5.91 Å². The number of carbonyl (C=O) groups is 3. The van der Waals surface area contributed by atoms with Crippen molar-refractivity contribution in [2.45, 2.75) is 11.3 Å². The smallest absolute Gasteiger partial charge is 0.307 e. The van der Waals surface area contributed by atoms with Crippen LogP contribution in [0.25, 0.3) is 0 Å². The summed E-state index contributed by atoms with van der Waals surface area (Å²) in [6.45, 7) is 0. The molecular formula is C30H20FN3O4. The molecule has 0 saturated carbocycles. The Balaban J connectivity index is 1.43. The molecule has 0 spiro atoms. The van der Waals surface area contributed by atoms with E-state index in [1.165, 1.54) is 41.5 Å². The lowest BCUT2D eigenvalue weighted by atomic mass is 9.47. The summed E-state index contributed by atoms with van der Waals surface area (Å²) in [6, 6.07) is 24.0. The van der Waals surface area contributed by atoms with Gasteiger partial charge in [-0.2, -0.15) is 5.10 Å². The third kappa shape index (κ3) is 2.88. The molecule has 186 valence electrons. The Kier molecular flexibility index (Phi) is 4.75. The van der Waals surface area contributed by atoms with Gasteiger partial charge in [0.25, 0.3) is 0 Å². The highest BCUT2D eigenvalue weighted by Gasteiger charge is 2.68. The highest BCUT2D eigenvalue weighted by molar-refractivity contribution is 6.25. The fraction of sp³-hybridized carbons (Fsp3) is 0.133. The minimum atomic E-state index is -1.12. The van der Waals surface area contributed by atoms with Gasteiger partial charge in [0.15, 0.2) is 5.76 Å². The molecule has 2 atom stereocenters. The van der Waals surface area contributed by atoms with Crippen LogP contribution in [-0.4, -0.2) is 23.9 Å². The summed E-state index contributed by atoms with van der Waals surface area (Å²) in [5.41, 5.74) is 5.32. The first-order valence-corrected chi connectivity index (χ1v) is 12.2. The van der Waals surface area contributed by atoms with Crippen molar-refractivity contribution in [1.29, 1.82) is 0 Å². The van der Waals surface area contributed by atoms with Gasteiger partial charge in [0.2, 0.25) is 11.8 Å². The molecule has 3 aliphatic carbocycles. The van der Waals surface area contributed by atoms with Crippen molar-refractivity contribution < 1.29 is 23.2 Å². The molecule has 2 heterocycles. The maximum Gasteiger partial charge on any atom is 0.307 e. The predicted octanol–water partition coefficient (Wildman–Crippen LogP) is 4.39. The summed E-state index contributed by atoms with van der Waals surface area (Å²) < 4.78 is 18.8. The van der Waals surface area contributed by atoms with Gasteiger partial charge in [-0.25, -0.2) is 14.7 Å². The molecule has 1 aliphatic heterocycles. The molecule has 3 aromatic carbocycles. The maximum absolute atomic E-state index is 14.2. The zero-order valence-corrected chi connectivity index (χ0v) is 19.9. The van der Waals surface area contributed by atoms with Crippen LogP contribution >= 0.6 is 0 Å². The van der Waals surface area contributed by atoms with Crippen LogP contribution in [0.15, 0.2) is 101 Å². The summed E-state index contributed by atoms with van der Waals surface area (Å²) in [5, 5.41) is 4.33. The number of nitrogens with zero attached hydrogens (tertiary/aromatic N) is 2. The molecule has 0 radical (unpaired) electrons. The first kappa shape index (κ1) is 22.4. The number of anilines is 1. The molecule has 3 amide bonds. The number of benzene rings is 3. The zero-order valence-electron chi connectivity index (χ0n) is 19.9. The minimum absolute atomic E-state index is 0.0975. The van der Waals surface area contributed by atoms with Crippen LogP contribution in [0.5, 0.6) is 0 Å². The standard InChI is InChI=1S/C30H20FN3O4/c31-17-11-13-18(14-12-17)34-28(36)25-24-19-6-1-3-8-21(19)30(26(25)29(34)37,22-9-4-2-7-20(22)24)16-32-33-27(35)23-10-5-15-38-23/h1-16,24-26H,(H,33,35)/b32-16-/t24?,25-,26-,30?/m1/s1. The van der Waals surface area contributed by atoms with Gasteiger partial charge in [-0.05, 0) is 58.7 Å². The van der Waals surface area contributed by atoms with Crippen LogP contribution in [0.1, 0.15) is 38.7 Å². The molecule has 2 bridgehead atoms. The predicted molar refractivity (Wildman–Crippen MR) is 136 cm³/mol. The normalized spacial score (nSPS) is 24.9. The van der Waals surface area contributed by atoms with Crippen LogP contribution in [-0.2, 0) is 15.0 Å². The number of hydrogen-bond acceptors (Lipinski definition) is 5. The van der Waals surface area contributed by atoms with Crippen LogP contribution < -0.4 is 10.3 Å². The van der Waals surface area contributed by atoms with E-state index in [0.29, 0.717) is 5.69 Å². The fourth-order valence-electron chi connectivity index (χ4n) is 6.55. The Morgan fingerprint density at radius 1 is 0.895 bits per heavy atom. The molecular weight excluding hydrogens is 485 g/mol.